The second-order valence-corrected chi connectivity index (χ2v) is 7.98. The van der Waals surface area contributed by atoms with E-state index in [1.807, 2.05) is 0 Å². The molecule has 1 atom stereocenters. The summed E-state index contributed by atoms with van der Waals surface area (Å²) in [5.41, 5.74) is 0. The third-order valence-electron chi connectivity index (χ3n) is 4.80. The fourth-order valence-corrected chi connectivity index (χ4v) is 5.03. The highest BCUT2D eigenvalue weighted by atomic mass is 32.2. The molecule has 1 aromatic rings. The molecule has 0 aliphatic carbocycles. The quantitative estimate of drug-likeness (QED) is 0.882. The predicted molar refractivity (Wildman–Crippen MR) is 82.8 cm³/mol. The molecule has 1 aromatic heterocycles. The van der Waals surface area contributed by atoms with Gasteiger partial charge >= 0.3 is 0 Å². The number of likely N-dealkylation sites (tertiary alicyclic amines) is 1. The molecular formula is C15H23N3O3S. The average Bonchev–Trinajstić information content (AvgIpc) is 3.04. The molecule has 0 radical (unpaired) electrons. The van der Waals surface area contributed by atoms with Crippen LogP contribution in [0.1, 0.15) is 25.7 Å². The molecule has 0 bridgehead atoms. The molecule has 6 nitrogen and oxygen atoms in total. The van der Waals surface area contributed by atoms with Gasteiger partial charge in [0, 0.05) is 37.6 Å². The molecule has 22 heavy (non-hydrogen) atoms. The maximum Gasteiger partial charge on any atom is 0.244 e. The number of hydrogen-bond acceptors (Lipinski definition) is 5. The smallest absolute Gasteiger partial charge is 0.244 e. The summed E-state index contributed by atoms with van der Waals surface area (Å²) in [5, 5.41) is 9.44. The van der Waals surface area contributed by atoms with E-state index in [1.54, 1.807) is 22.6 Å². The molecule has 2 aliphatic rings. The summed E-state index contributed by atoms with van der Waals surface area (Å²) in [5.74, 6) is 0. The molecule has 0 amide bonds. The molecule has 2 fully saturated rings. The minimum atomic E-state index is -3.43. The number of nitrogens with zero attached hydrogens (tertiary/aromatic N) is 3. The van der Waals surface area contributed by atoms with E-state index in [2.05, 4.69) is 9.88 Å². The normalized spacial score (nSPS) is 25.6. The van der Waals surface area contributed by atoms with Gasteiger partial charge in [0.15, 0.2) is 0 Å². The highest BCUT2D eigenvalue weighted by Gasteiger charge is 2.35. The summed E-state index contributed by atoms with van der Waals surface area (Å²) in [6.45, 7) is 2.30. The van der Waals surface area contributed by atoms with Gasteiger partial charge in [-0.3, -0.25) is 9.88 Å². The number of pyridine rings is 1. The monoisotopic (exact) mass is 325 g/mol. The second kappa shape index (κ2) is 6.62. The molecule has 0 aromatic carbocycles. The molecule has 122 valence electrons. The minimum Gasteiger partial charge on any atom is -0.395 e. The molecule has 0 saturated carbocycles. The lowest BCUT2D eigenvalue weighted by Crippen LogP contribution is -2.48. The summed E-state index contributed by atoms with van der Waals surface area (Å²) in [7, 11) is -3.43. The molecule has 2 saturated heterocycles. The summed E-state index contributed by atoms with van der Waals surface area (Å²) in [4.78, 5) is 6.54. The van der Waals surface area contributed by atoms with E-state index in [9.17, 15) is 13.5 Å². The molecule has 3 rings (SSSR count). The zero-order valence-electron chi connectivity index (χ0n) is 12.6. The molecule has 0 spiro atoms. The van der Waals surface area contributed by atoms with Crippen molar-refractivity contribution in [1.29, 1.82) is 0 Å². The minimum absolute atomic E-state index is 0.203. The Kier molecular flexibility index (Phi) is 4.77. The molecule has 2 aliphatic heterocycles. The van der Waals surface area contributed by atoms with Crippen molar-refractivity contribution in [3.8, 4) is 0 Å². The maximum absolute atomic E-state index is 12.6. The molecule has 1 N–H and O–H groups in total. The van der Waals surface area contributed by atoms with Crippen LogP contribution in [-0.4, -0.2) is 66.0 Å². The van der Waals surface area contributed by atoms with E-state index >= 15 is 0 Å². The van der Waals surface area contributed by atoms with Crippen LogP contribution in [0, 0.1) is 0 Å². The number of aliphatic hydroxyl groups is 1. The second-order valence-electron chi connectivity index (χ2n) is 6.04. The van der Waals surface area contributed by atoms with Crippen LogP contribution in [0.2, 0.25) is 0 Å². The van der Waals surface area contributed by atoms with Crippen LogP contribution in [0.25, 0.3) is 0 Å². The first-order chi connectivity index (χ1) is 10.6. The van der Waals surface area contributed by atoms with Gasteiger partial charge in [0.2, 0.25) is 10.0 Å². The number of hydrogen-bond donors (Lipinski definition) is 1. The molecule has 7 heteroatoms. The first kappa shape index (κ1) is 15.9. The lowest BCUT2D eigenvalue weighted by Gasteiger charge is -2.38. The Hall–Kier alpha value is -1.02. The largest absolute Gasteiger partial charge is 0.395 e. The van der Waals surface area contributed by atoms with Crippen LogP contribution in [0.15, 0.2) is 29.4 Å². The van der Waals surface area contributed by atoms with Crippen LogP contribution in [0.5, 0.6) is 0 Å². The summed E-state index contributed by atoms with van der Waals surface area (Å²) < 4.78 is 26.7. The Bertz CT molecular complexity index is 585. The first-order valence-corrected chi connectivity index (χ1v) is 9.33. The van der Waals surface area contributed by atoms with Crippen LogP contribution >= 0.6 is 0 Å². The van der Waals surface area contributed by atoms with Gasteiger partial charge in [-0.25, -0.2) is 8.42 Å². The zero-order valence-corrected chi connectivity index (χ0v) is 13.5. The van der Waals surface area contributed by atoms with Gasteiger partial charge < -0.3 is 5.11 Å². The van der Waals surface area contributed by atoms with Crippen molar-refractivity contribution in [3.05, 3.63) is 24.5 Å². The Morgan fingerprint density at radius 1 is 1.23 bits per heavy atom. The Morgan fingerprint density at radius 2 is 2.00 bits per heavy atom. The predicted octanol–water partition coefficient (Wildman–Crippen LogP) is 0.691. The SMILES string of the molecule is O=S(=O)(c1cccnc1)N1CCC(N2CCC[C@H]2CO)CC1. The molecular weight excluding hydrogens is 302 g/mol. The lowest BCUT2D eigenvalue weighted by molar-refractivity contribution is 0.0899. The van der Waals surface area contributed by atoms with Gasteiger partial charge in [0.25, 0.3) is 0 Å². The number of sulfonamides is 1. The summed E-state index contributed by atoms with van der Waals surface area (Å²) >= 11 is 0. The Morgan fingerprint density at radius 3 is 2.64 bits per heavy atom. The van der Waals surface area contributed by atoms with E-state index in [4.69, 9.17) is 0 Å². The van der Waals surface area contributed by atoms with E-state index in [0.717, 1.165) is 32.2 Å². The standard InChI is InChI=1S/C15H23N3O3S/c19-12-14-3-2-8-18(14)13-5-9-17(10-6-13)22(20,21)15-4-1-7-16-11-15/h1,4,7,11,13-14,19H,2-3,5-6,8-10,12H2/t14-/m0/s1. The average molecular weight is 325 g/mol. The van der Waals surface area contributed by atoms with Gasteiger partial charge in [0.05, 0.1) is 6.61 Å². The number of piperidine rings is 1. The van der Waals surface area contributed by atoms with Crippen molar-refractivity contribution in [2.75, 3.05) is 26.2 Å². The third kappa shape index (κ3) is 3.03. The number of aliphatic hydroxyl groups excluding tert-OH is 1. The van der Waals surface area contributed by atoms with E-state index in [1.165, 1.54) is 6.20 Å². The van der Waals surface area contributed by atoms with Crippen LogP contribution in [0.3, 0.4) is 0 Å². The highest BCUT2D eigenvalue weighted by Crippen LogP contribution is 2.27. The van der Waals surface area contributed by atoms with Crippen molar-refractivity contribution < 1.29 is 13.5 Å². The highest BCUT2D eigenvalue weighted by molar-refractivity contribution is 7.89. The summed E-state index contributed by atoms with van der Waals surface area (Å²) in [6.07, 6.45) is 6.81. The topological polar surface area (TPSA) is 73.7 Å². The van der Waals surface area contributed by atoms with E-state index in [0.29, 0.717) is 19.1 Å². The maximum atomic E-state index is 12.6. The number of rotatable bonds is 4. The van der Waals surface area contributed by atoms with Crippen molar-refractivity contribution >= 4 is 10.0 Å². The van der Waals surface area contributed by atoms with E-state index < -0.39 is 10.0 Å². The fourth-order valence-electron chi connectivity index (χ4n) is 3.60. The van der Waals surface area contributed by atoms with Gasteiger partial charge in [-0.15, -0.1) is 0 Å². The first-order valence-electron chi connectivity index (χ1n) is 7.89. The lowest BCUT2D eigenvalue weighted by atomic mass is 10.0. The molecule has 0 unspecified atom stereocenters. The van der Waals surface area contributed by atoms with Crippen LogP contribution in [-0.2, 0) is 10.0 Å². The zero-order chi connectivity index (χ0) is 15.6. The van der Waals surface area contributed by atoms with Gasteiger partial charge in [-0.1, -0.05) is 0 Å². The van der Waals surface area contributed by atoms with Crippen LogP contribution in [0.4, 0.5) is 0 Å². The fraction of sp³-hybridized carbons (Fsp3) is 0.667. The summed E-state index contributed by atoms with van der Waals surface area (Å²) in [6, 6.07) is 3.89. The van der Waals surface area contributed by atoms with Gasteiger partial charge in [-0.2, -0.15) is 4.31 Å². The Balaban J connectivity index is 1.64. The van der Waals surface area contributed by atoms with Crippen LogP contribution < -0.4 is 0 Å². The van der Waals surface area contributed by atoms with Gasteiger partial charge in [-0.05, 0) is 44.4 Å². The van der Waals surface area contributed by atoms with E-state index in [-0.39, 0.29) is 17.5 Å². The van der Waals surface area contributed by atoms with Crippen molar-refractivity contribution in [3.63, 3.8) is 0 Å². The van der Waals surface area contributed by atoms with Crippen molar-refractivity contribution in [2.45, 2.75) is 42.7 Å². The van der Waals surface area contributed by atoms with Crippen molar-refractivity contribution in [2.24, 2.45) is 0 Å². The van der Waals surface area contributed by atoms with Crippen molar-refractivity contribution in [1.82, 2.24) is 14.2 Å². The molecule has 3 heterocycles. The third-order valence-corrected chi connectivity index (χ3v) is 6.68. The van der Waals surface area contributed by atoms with Gasteiger partial charge in [0.1, 0.15) is 4.90 Å². The Labute approximate surface area is 131 Å². The number of aromatic nitrogens is 1.